The average Bonchev–Trinajstić information content (AvgIpc) is 2.88. The van der Waals surface area contributed by atoms with Gasteiger partial charge in [-0.15, -0.1) is 0 Å². The predicted octanol–water partition coefficient (Wildman–Crippen LogP) is 4.88. The Morgan fingerprint density at radius 1 is 1.08 bits per heavy atom. The van der Waals surface area contributed by atoms with Crippen molar-refractivity contribution in [3.8, 4) is 5.75 Å². The molecule has 0 unspecified atom stereocenters. The molecule has 36 heavy (non-hydrogen) atoms. The molecule has 9 heteroatoms. The highest BCUT2D eigenvalue weighted by Gasteiger charge is 2.25. The van der Waals surface area contributed by atoms with Crippen LogP contribution in [0.15, 0.2) is 54.6 Å². The van der Waals surface area contributed by atoms with Crippen LogP contribution >= 0.6 is 23.2 Å². The zero-order chi connectivity index (χ0) is 25.5. The third-order valence-corrected chi connectivity index (χ3v) is 6.55. The summed E-state index contributed by atoms with van der Waals surface area (Å²) in [6, 6.07) is 15.4. The smallest absolute Gasteiger partial charge is 0.328 e. The molecule has 0 spiro atoms. The zero-order valence-corrected chi connectivity index (χ0v) is 21.4. The first-order valence-corrected chi connectivity index (χ1v) is 12.5. The summed E-state index contributed by atoms with van der Waals surface area (Å²) in [6.45, 7) is 1.45. The number of nitrogens with one attached hydrogen (secondary N) is 2. The molecule has 7 nitrogen and oxygen atoms in total. The van der Waals surface area contributed by atoms with Crippen LogP contribution in [0.25, 0.3) is 0 Å². The number of esters is 1. The van der Waals surface area contributed by atoms with Gasteiger partial charge in [0, 0.05) is 25.1 Å². The molecule has 0 saturated heterocycles. The third kappa shape index (κ3) is 6.47. The van der Waals surface area contributed by atoms with Gasteiger partial charge in [-0.3, -0.25) is 4.79 Å². The van der Waals surface area contributed by atoms with Crippen LogP contribution in [0.3, 0.4) is 0 Å². The molecule has 2 aromatic carbocycles. The van der Waals surface area contributed by atoms with Crippen LogP contribution in [0.4, 0.5) is 5.82 Å². The number of anilines is 1. The standard InChI is InChI=1S/C27H27Cl2N3O4/c1-35-27(34)23(32-26(33)24-21(28)5-2-6-22(24)29)16-17-7-11-20(12-8-17)36-15-13-19-10-9-18-4-3-14-30-25(18)31-19/h2,5-12,23H,3-4,13-16H2,1H3,(H,30,31)(H,32,33)/t23-/m0/s1. The molecular weight excluding hydrogens is 501 g/mol. The minimum atomic E-state index is -0.912. The lowest BCUT2D eigenvalue weighted by Crippen LogP contribution is -2.43. The lowest BCUT2D eigenvalue weighted by molar-refractivity contribution is -0.142. The summed E-state index contributed by atoms with van der Waals surface area (Å²) in [6.07, 6.45) is 3.12. The van der Waals surface area contributed by atoms with Gasteiger partial charge < -0.3 is 20.1 Å². The number of hydrogen-bond acceptors (Lipinski definition) is 6. The highest BCUT2D eigenvalue weighted by molar-refractivity contribution is 6.39. The van der Waals surface area contributed by atoms with Crippen LogP contribution in [0.1, 0.15) is 33.6 Å². The summed E-state index contributed by atoms with van der Waals surface area (Å²) in [5.41, 5.74) is 3.18. The number of carbonyl (C=O) groups excluding carboxylic acids is 2. The van der Waals surface area contributed by atoms with Crippen LogP contribution in [0, 0.1) is 0 Å². The van der Waals surface area contributed by atoms with E-state index < -0.39 is 17.9 Å². The van der Waals surface area contributed by atoms with Crippen molar-refractivity contribution in [2.45, 2.75) is 31.7 Å². The predicted molar refractivity (Wildman–Crippen MR) is 140 cm³/mol. The second-order valence-corrected chi connectivity index (χ2v) is 9.25. The molecule has 0 aliphatic carbocycles. The van der Waals surface area contributed by atoms with E-state index >= 15 is 0 Å². The lowest BCUT2D eigenvalue weighted by atomic mass is 10.0. The van der Waals surface area contributed by atoms with Crippen molar-refractivity contribution in [1.29, 1.82) is 0 Å². The van der Waals surface area contributed by atoms with E-state index in [1.165, 1.54) is 12.7 Å². The number of rotatable bonds is 9. The first kappa shape index (κ1) is 25.8. The molecule has 0 fully saturated rings. The maximum Gasteiger partial charge on any atom is 0.328 e. The van der Waals surface area contributed by atoms with Crippen molar-refractivity contribution in [1.82, 2.24) is 10.3 Å². The highest BCUT2D eigenvalue weighted by atomic mass is 35.5. The molecule has 0 radical (unpaired) electrons. The number of aryl methyl sites for hydroxylation is 1. The molecule has 1 amide bonds. The first-order chi connectivity index (χ1) is 17.4. The second kappa shape index (κ2) is 12.1. The number of methoxy groups -OCH3 is 1. The third-order valence-electron chi connectivity index (χ3n) is 5.92. The molecule has 0 saturated carbocycles. The molecule has 1 aliphatic rings. The van der Waals surface area contributed by atoms with Gasteiger partial charge in [0.1, 0.15) is 17.6 Å². The van der Waals surface area contributed by atoms with Crippen LogP contribution < -0.4 is 15.4 Å². The van der Waals surface area contributed by atoms with Gasteiger partial charge in [-0.25, -0.2) is 9.78 Å². The average molecular weight is 528 g/mol. The Kier molecular flexibility index (Phi) is 8.67. The van der Waals surface area contributed by atoms with E-state index in [1.807, 2.05) is 24.3 Å². The van der Waals surface area contributed by atoms with Crippen molar-refractivity contribution in [2.75, 3.05) is 25.6 Å². The maximum absolute atomic E-state index is 12.8. The van der Waals surface area contributed by atoms with Gasteiger partial charge in [-0.2, -0.15) is 0 Å². The van der Waals surface area contributed by atoms with Crippen molar-refractivity contribution in [3.63, 3.8) is 0 Å². The molecule has 1 aliphatic heterocycles. The van der Waals surface area contributed by atoms with Crippen molar-refractivity contribution in [2.24, 2.45) is 0 Å². The van der Waals surface area contributed by atoms with Gasteiger partial charge in [0.05, 0.1) is 29.3 Å². The number of nitrogens with zero attached hydrogens (tertiary/aromatic N) is 1. The van der Waals surface area contributed by atoms with E-state index in [4.69, 9.17) is 32.7 Å². The Morgan fingerprint density at radius 2 is 1.83 bits per heavy atom. The number of ether oxygens (including phenoxy) is 2. The van der Waals surface area contributed by atoms with Crippen molar-refractivity contribution < 1.29 is 19.1 Å². The Balaban J connectivity index is 1.34. The van der Waals surface area contributed by atoms with E-state index in [1.54, 1.807) is 18.2 Å². The summed E-state index contributed by atoms with van der Waals surface area (Å²) in [5.74, 6) is 0.564. The maximum atomic E-state index is 12.8. The van der Waals surface area contributed by atoms with Gasteiger partial charge in [-0.1, -0.05) is 47.5 Å². The lowest BCUT2D eigenvalue weighted by Gasteiger charge is -2.18. The first-order valence-electron chi connectivity index (χ1n) is 11.7. The Bertz CT molecular complexity index is 1210. The number of halogens is 2. The fraction of sp³-hybridized carbons (Fsp3) is 0.296. The number of fused-ring (bicyclic) bond motifs is 1. The highest BCUT2D eigenvalue weighted by Crippen LogP contribution is 2.24. The van der Waals surface area contributed by atoms with Crippen LogP contribution in [-0.4, -0.2) is 43.2 Å². The monoisotopic (exact) mass is 527 g/mol. The fourth-order valence-electron chi connectivity index (χ4n) is 4.02. The molecule has 1 atom stereocenters. The zero-order valence-electron chi connectivity index (χ0n) is 19.9. The minimum Gasteiger partial charge on any atom is -0.493 e. The van der Waals surface area contributed by atoms with Gasteiger partial charge in [-0.05, 0) is 54.3 Å². The molecule has 0 bridgehead atoms. The molecule has 2 N–H and O–H groups in total. The topological polar surface area (TPSA) is 89.6 Å². The normalized spacial score (nSPS) is 13.2. The second-order valence-electron chi connectivity index (χ2n) is 8.43. The van der Waals surface area contributed by atoms with E-state index in [2.05, 4.69) is 27.8 Å². The number of pyridine rings is 1. The summed E-state index contributed by atoms with van der Waals surface area (Å²) in [7, 11) is 1.27. The number of aromatic nitrogens is 1. The minimum absolute atomic E-state index is 0.114. The van der Waals surface area contributed by atoms with Crippen LogP contribution in [-0.2, 0) is 28.8 Å². The quantitative estimate of drug-likeness (QED) is 0.385. The van der Waals surface area contributed by atoms with Gasteiger partial charge in [0.2, 0.25) is 0 Å². The summed E-state index contributed by atoms with van der Waals surface area (Å²) in [5, 5.41) is 6.43. The number of carbonyl (C=O) groups is 2. The molecule has 3 aromatic rings. The Hall–Kier alpha value is -3.29. The van der Waals surface area contributed by atoms with Gasteiger partial charge in [0.15, 0.2) is 0 Å². The van der Waals surface area contributed by atoms with Gasteiger partial charge >= 0.3 is 5.97 Å². The Labute approximate surface area is 220 Å². The molecule has 188 valence electrons. The van der Waals surface area contributed by atoms with Crippen molar-refractivity contribution >= 4 is 40.9 Å². The number of amides is 1. The summed E-state index contributed by atoms with van der Waals surface area (Å²) < 4.78 is 10.8. The van der Waals surface area contributed by atoms with Crippen LogP contribution in [0.2, 0.25) is 10.0 Å². The Morgan fingerprint density at radius 3 is 2.56 bits per heavy atom. The SMILES string of the molecule is COC(=O)[C@H](Cc1ccc(OCCc2ccc3c(n2)NCCC3)cc1)NC(=O)c1c(Cl)cccc1Cl. The molecule has 2 heterocycles. The van der Waals surface area contributed by atoms with E-state index in [-0.39, 0.29) is 22.0 Å². The molecule has 4 rings (SSSR count). The van der Waals surface area contributed by atoms with Gasteiger partial charge in [0.25, 0.3) is 5.91 Å². The van der Waals surface area contributed by atoms with Crippen LogP contribution in [0.5, 0.6) is 5.75 Å². The van der Waals surface area contributed by atoms with E-state index in [0.717, 1.165) is 36.5 Å². The summed E-state index contributed by atoms with van der Waals surface area (Å²) in [4.78, 5) is 29.8. The molecule has 1 aromatic heterocycles. The summed E-state index contributed by atoms with van der Waals surface area (Å²) >= 11 is 12.3. The largest absolute Gasteiger partial charge is 0.493 e. The number of benzene rings is 2. The fourth-order valence-corrected chi connectivity index (χ4v) is 4.59. The van der Waals surface area contributed by atoms with Crippen molar-refractivity contribution in [3.05, 3.63) is 87.0 Å². The van der Waals surface area contributed by atoms with E-state index in [9.17, 15) is 9.59 Å². The van der Waals surface area contributed by atoms with E-state index in [0.29, 0.717) is 18.8 Å². The number of hydrogen-bond donors (Lipinski definition) is 2. The molecular formula is C27H27Cl2N3O4.